The number of benzene rings is 1. The second-order valence-electron chi connectivity index (χ2n) is 4.11. The Hall–Kier alpha value is -2.01. The van der Waals surface area contributed by atoms with Crippen LogP contribution in [-0.4, -0.2) is 20.2 Å². The first-order valence-corrected chi connectivity index (χ1v) is 8.06. The zero-order chi connectivity index (χ0) is 15.1. The summed E-state index contributed by atoms with van der Waals surface area (Å²) in [5, 5.41) is 9.20. The molecule has 0 saturated carbocycles. The molecule has 2 heterocycles. The Bertz CT molecular complexity index is 679. The van der Waals surface area contributed by atoms with Gasteiger partial charge in [0.2, 0.25) is 0 Å². The average molecular weight is 300 g/mol. The minimum Gasteiger partial charge on any atom is -0.337 e. The topological polar surface area (TPSA) is 57.4 Å². The fourth-order valence-corrected chi connectivity index (χ4v) is 2.63. The van der Waals surface area contributed by atoms with Gasteiger partial charge in [-0.3, -0.25) is 5.10 Å². The van der Waals surface area contributed by atoms with Gasteiger partial charge in [-0.15, -0.1) is 0 Å². The molecule has 21 heavy (non-hydrogen) atoms. The Kier molecular flexibility index (Phi) is 5.63. The summed E-state index contributed by atoms with van der Waals surface area (Å²) in [5.74, 6) is 0.825. The predicted octanol–water partition coefficient (Wildman–Crippen LogP) is 5.00. The molecule has 2 aromatic heterocycles. The lowest BCUT2D eigenvalue weighted by Crippen LogP contribution is -1.82. The highest BCUT2D eigenvalue weighted by atomic mass is 32.2. The van der Waals surface area contributed by atoms with Crippen LogP contribution in [0.5, 0.6) is 0 Å². The van der Waals surface area contributed by atoms with Gasteiger partial charge in [-0.25, -0.2) is 4.98 Å². The summed E-state index contributed by atoms with van der Waals surface area (Å²) < 4.78 is 0. The van der Waals surface area contributed by atoms with E-state index >= 15 is 0 Å². The fraction of sp³-hybridized carbons (Fsp3) is 0.250. The molecule has 0 spiro atoms. The molecule has 0 aliphatic rings. The molecule has 0 bridgehead atoms. The lowest BCUT2D eigenvalue weighted by molar-refractivity contribution is 1.08. The highest BCUT2D eigenvalue weighted by Crippen LogP contribution is 2.29. The van der Waals surface area contributed by atoms with Gasteiger partial charge < -0.3 is 4.98 Å². The summed E-state index contributed by atoms with van der Waals surface area (Å²) in [6.07, 6.45) is 4.98. The first-order valence-electron chi connectivity index (χ1n) is 7.18. The number of imidazole rings is 1. The fourth-order valence-electron chi connectivity index (χ4n) is 1.82. The number of hydrogen-bond donors (Lipinski definition) is 2. The van der Waals surface area contributed by atoms with E-state index < -0.39 is 0 Å². The van der Waals surface area contributed by atoms with Crippen LogP contribution in [0.25, 0.3) is 22.6 Å². The molecular formula is C16H20N4S. The van der Waals surface area contributed by atoms with Crippen LogP contribution in [0.1, 0.15) is 27.2 Å². The Labute approximate surface area is 129 Å². The zero-order valence-corrected chi connectivity index (χ0v) is 13.4. The highest BCUT2D eigenvalue weighted by molar-refractivity contribution is 8.02. The molecule has 2 N–H and O–H groups in total. The standard InChI is InChI=1S/C14H14N4S.C2H6/c1-2-3-8-19-12-9-15-18-13(12)14-16-10-6-4-5-7-11(10)17-14;1-2/h3-9H,2H2,1H3,(H,15,18)(H,16,17);1-2H3/b8-3-;. The Morgan fingerprint density at radius 1 is 1.24 bits per heavy atom. The summed E-state index contributed by atoms with van der Waals surface area (Å²) in [6, 6.07) is 8.00. The van der Waals surface area contributed by atoms with Gasteiger partial charge in [0.15, 0.2) is 5.82 Å². The van der Waals surface area contributed by atoms with Crippen molar-refractivity contribution < 1.29 is 0 Å². The molecule has 0 aliphatic heterocycles. The van der Waals surface area contributed by atoms with E-state index in [1.165, 1.54) is 0 Å². The van der Waals surface area contributed by atoms with Crippen molar-refractivity contribution in [1.82, 2.24) is 20.2 Å². The van der Waals surface area contributed by atoms with E-state index in [1.807, 2.05) is 44.3 Å². The van der Waals surface area contributed by atoms with E-state index in [9.17, 15) is 0 Å². The van der Waals surface area contributed by atoms with Gasteiger partial charge in [0, 0.05) is 0 Å². The highest BCUT2D eigenvalue weighted by Gasteiger charge is 2.11. The van der Waals surface area contributed by atoms with Crippen LogP contribution in [0.2, 0.25) is 0 Å². The SMILES string of the molecule is CC.CC/C=C\Sc1cn[nH]c1-c1nc2ccccc2[nH]1. The first kappa shape index (κ1) is 15.4. The number of aromatic amines is 2. The zero-order valence-electron chi connectivity index (χ0n) is 12.6. The minimum atomic E-state index is 0.825. The molecule has 0 aliphatic carbocycles. The Morgan fingerprint density at radius 3 is 2.81 bits per heavy atom. The van der Waals surface area contributed by atoms with E-state index in [1.54, 1.807) is 11.8 Å². The van der Waals surface area contributed by atoms with Crippen molar-refractivity contribution in [2.24, 2.45) is 0 Å². The largest absolute Gasteiger partial charge is 0.337 e. The Balaban J connectivity index is 0.000000774. The molecule has 1 aromatic carbocycles. The maximum atomic E-state index is 4.58. The molecule has 3 aromatic rings. The van der Waals surface area contributed by atoms with Crippen LogP contribution in [-0.2, 0) is 0 Å². The van der Waals surface area contributed by atoms with Crippen molar-refractivity contribution in [2.75, 3.05) is 0 Å². The quantitative estimate of drug-likeness (QED) is 0.667. The molecule has 0 atom stereocenters. The second-order valence-corrected chi connectivity index (χ2v) is 5.06. The second kappa shape index (κ2) is 7.69. The monoisotopic (exact) mass is 300 g/mol. The van der Waals surface area contributed by atoms with Gasteiger partial charge in [0.05, 0.1) is 22.1 Å². The molecule has 4 nitrogen and oxygen atoms in total. The smallest absolute Gasteiger partial charge is 0.157 e. The molecule has 0 radical (unpaired) electrons. The molecule has 0 amide bonds. The number of fused-ring (bicyclic) bond motifs is 1. The number of H-pyrrole nitrogens is 2. The number of hydrogen-bond acceptors (Lipinski definition) is 3. The maximum absolute atomic E-state index is 4.58. The maximum Gasteiger partial charge on any atom is 0.157 e. The van der Waals surface area contributed by atoms with E-state index in [0.29, 0.717) is 0 Å². The molecule has 0 fully saturated rings. The average Bonchev–Trinajstić information content (AvgIpc) is 3.15. The molecular weight excluding hydrogens is 280 g/mol. The first-order chi connectivity index (χ1) is 10.4. The predicted molar refractivity (Wildman–Crippen MR) is 90.3 cm³/mol. The van der Waals surface area contributed by atoms with E-state index in [0.717, 1.165) is 33.9 Å². The molecule has 0 saturated heterocycles. The van der Waals surface area contributed by atoms with Crippen molar-refractivity contribution in [3.63, 3.8) is 0 Å². The summed E-state index contributed by atoms with van der Waals surface area (Å²) in [4.78, 5) is 8.96. The van der Waals surface area contributed by atoms with Crippen molar-refractivity contribution in [3.05, 3.63) is 41.9 Å². The van der Waals surface area contributed by atoms with Gasteiger partial charge in [0.1, 0.15) is 5.69 Å². The van der Waals surface area contributed by atoms with Crippen LogP contribution in [0.4, 0.5) is 0 Å². The van der Waals surface area contributed by atoms with Crippen LogP contribution >= 0.6 is 11.8 Å². The van der Waals surface area contributed by atoms with Crippen molar-refractivity contribution >= 4 is 22.8 Å². The van der Waals surface area contributed by atoms with E-state index in [4.69, 9.17) is 0 Å². The van der Waals surface area contributed by atoms with Gasteiger partial charge in [-0.05, 0) is 24.0 Å². The summed E-state index contributed by atoms with van der Waals surface area (Å²) in [6.45, 7) is 6.12. The van der Waals surface area contributed by atoms with Gasteiger partial charge in [-0.1, -0.05) is 50.7 Å². The summed E-state index contributed by atoms with van der Waals surface area (Å²) in [7, 11) is 0. The Morgan fingerprint density at radius 2 is 2.05 bits per heavy atom. The summed E-state index contributed by atoms with van der Waals surface area (Å²) in [5.41, 5.74) is 2.93. The normalized spacial score (nSPS) is 10.8. The van der Waals surface area contributed by atoms with Gasteiger partial charge in [-0.2, -0.15) is 5.10 Å². The number of thioether (sulfide) groups is 1. The van der Waals surface area contributed by atoms with Crippen molar-refractivity contribution in [3.8, 4) is 11.5 Å². The lowest BCUT2D eigenvalue weighted by Gasteiger charge is -1.95. The number of aromatic nitrogens is 4. The number of rotatable bonds is 4. The summed E-state index contributed by atoms with van der Waals surface area (Å²) >= 11 is 1.65. The third-order valence-electron chi connectivity index (χ3n) is 2.76. The minimum absolute atomic E-state index is 0.825. The van der Waals surface area contributed by atoms with Crippen LogP contribution in [0.3, 0.4) is 0 Å². The number of nitrogens with zero attached hydrogens (tertiary/aromatic N) is 2. The third kappa shape index (κ3) is 3.55. The third-order valence-corrected chi connectivity index (χ3v) is 3.65. The van der Waals surface area contributed by atoms with Gasteiger partial charge in [0.25, 0.3) is 0 Å². The lowest BCUT2D eigenvalue weighted by atomic mass is 10.3. The number of allylic oxidation sites excluding steroid dienone is 1. The number of nitrogens with one attached hydrogen (secondary N) is 2. The molecule has 110 valence electrons. The molecule has 5 heteroatoms. The van der Waals surface area contributed by atoms with Gasteiger partial charge >= 0.3 is 0 Å². The van der Waals surface area contributed by atoms with Crippen molar-refractivity contribution in [1.29, 1.82) is 0 Å². The van der Waals surface area contributed by atoms with Crippen LogP contribution < -0.4 is 0 Å². The molecule has 0 unspecified atom stereocenters. The van der Waals surface area contributed by atoms with E-state index in [-0.39, 0.29) is 0 Å². The van der Waals surface area contributed by atoms with Crippen LogP contribution in [0, 0.1) is 0 Å². The van der Waals surface area contributed by atoms with E-state index in [2.05, 4.69) is 38.6 Å². The molecule has 3 rings (SSSR count). The number of para-hydroxylation sites is 2. The van der Waals surface area contributed by atoms with Crippen molar-refractivity contribution in [2.45, 2.75) is 32.1 Å². The van der Waals surface area contributed by atoms with Crippen LogP contribution in [0.15, 0.2) is 46.8 Å².